The van der Waals surface area contributed by atoms with Crippen LogP contribution in [0.1, 0.15) is 11.9 Å². The summed E-state index contributed by atoms with van der Waals surface area (Å²) in [7, 11) is -1.83. The van der Waals surface area contributed by atoms with Gasteiger partial charge in [0, 0.05) is 11.0 Å². The molecule has 1 aromatic carbocycles. The smallest absolute Gasteiger partial charge is 0.423 e. The van der Waals surface area contributed by atoms with Crippen LogP contribution in [0.25, 0.3) is 0 Å². The van der Waals surface area contributed by atoms with E-state index in [0.29, 0.717) is 18.8 Å². The first-order valence-electron chi connectivity index (χ1n) is 4.57. The minimum atomic E-state index is -1.83. The second-order valence-electron chi connectivity index (χ2n) is 3.23. The van der Waals surface area contributed by atoms with Crippen molar-refractivity contribution < 1.29 is 23.9 Å². The molecule has 15 heavy (non-hydrogen) atoms. The van der Waals surface area contributed by atoms with Gasteiger partial charge in [-0.25, -0.2) is 4.39 Å². The summed E-state index contributed by atoms with van der Waals surface area (Å²) >= 11 is 0. The van der Waals surface area contributed by atoms with Gasteiger partial charge in [0.25, 0.3) is 0 Å². The van der Waals surface area contributed by atoms with Crippen molar-refractivity contribution >= 4 is 12.6 Å². The molecule has 80 valence electrons. The first-order chi connectivity index (χ1) is 7.18. The van der Waals surface area contributed by atoms with E-state index in [-0.39, 0.29) is 5.46 Å². The van der Waals surface area contributed by atoms with Crippen LogP contribution < -0.4 is 5.46 Å². The summed E-state index contributed by atoms with van der Waals surface area (Å²) in [5.74, 6) is -0.660. The quantitative estimate of drug-likeness (QED) is 0.652. The molecular formula is C9H10BFO4. The molecule has 0 aromatic heterocycles. The van der Waals surface area contributed by atoms with Gasteiger partial charge in [0.1, 0.15) is 5.82 Å². The van der Waals surface area contributed by atoms with Gasteiger partial charge >= 0.3 is 7.12 Å². The van der Waals surface area contributed by atoms with E-state index >= 15 is 0 Å². The Hall–Kier alpha value is -0.945. The van der Waals surface area contributed by atoms with Gasteiger partial charge < -0.3 is 19.5 Å². The summed E-state index contributed by atoms with van der Waals surface area (Å²) in [6.07, 6.45) is -0.539. The van der Waals surface area contributed by atoms with E-state index in [1.807, 2.05) is 0 Å². The lowest BCUT2D eigenvalue weighted by molar-refractivity contribution is -0.0440. The average molecular weight is 212 g/mol. The largest absolute Gasteiger partial charge is 0.491 e. The van der Waals surface area contributed by atoms with Crippen molar-refractivity contribution in [3.63, 3.8) is 0 Å². The van der Waals surface area contributed by atoms with Crippen molar-refractivity contribution in [2.75, 3.05) is 13.2 Å². The molecule has 0 aliphatic carbocycles. The molecule has 0 amide bonds. The Morgan fingerprint density at radius 1 is 1.27 bits per heavy atom. The highest BCUT2D eigenvalue weighted by molar-refractivity contribution is 6.58. The molecule has 0 saturated carbocycles. The average Bonchev–Trinajstić information content (AvgIpc) is 2.71. The number of benzene rings is 1. The molecule has 0 unspecified atom stereocenters. The summed E-state index contributed by atoms with van der Waals surface area (Å²) in [6.45, 7) is 0.970. The topological polar surface area (TPSA) is 58.9 Å². The molecule has 1 aliphatic heterocycles. The van der Waals surface area contributed by atoms with Gasteiger partial charge in [-0.15, -0.1) is 0 Å². The van der Waals surface area contributed by atoms with E-state index in [2.05, 4.69) is 0 Å². The zero-order valence-corrected chi connectivity index (χ0v) is 7.89. The van der Waals surface area contributed by atoms with Crippen molar-refractivity contribution in [2.24, 2.45) is 0 Å². The van der Waals surface area contributed by atoms with E-state index in [0.717, 1.165) is 6.07 Å². The SMILES string of the molecule is OB(O)c1cc(C2OCCO2)ccc1F. The molecule has 6 heteroatoms. The van der Waals surface area contributed by atoms with Crippen LogP contribution in [0.3, 0.4) is 0 Å². The Morgan fingerprint density at radius 3 is 2.53 bits per heavy atom. The lowest BCUT2D eigenvalue weighted by atomic mass is 9.79. The van der Waals surface area contributed by atoms with Crippen LogP contribution in [0.4, 0.5) is 4.39 Å². The molecule has 0 atom stereocenters. The monoisotopic (exact) mass is 212 g/mol. The Labute approximate surface area is 86.4 Å². The van der Waals surface area contributed by atoms with E-state index < -0.39 is 19.2 Å². The van der Waals surface area contributed by atoms with Gasteiger partial charge in [0.05, 0.1) is 13.2 Å². The van der Waals surface area contributed by atoms with Gasteiger partial charge in [-0.2, -0.15) is 0 Å². The molecule has 0 bridgehead atoms. The van der Waals surface area contributed by atoms with Crippen LogP contribution in [0.2, 0.25) is 0 Å². The summed E-state index contributed by atoms with van der Waals surface area (Å²) in [5.41, 5.74) is 0.406. The molecule has 0 spiro atoms. The van der Waals surface area contributed by atoms with Gasteiger partial charge in [0.15, 0.2) is 6.29 Å². The predicted molar refractivity (Wildman–Crippen MR) is 50.9 cm³/mol. The van der Waals surface area contributed by atoms with E-state index in [9.17, 15) is 4.39 Å². The van der Waals surface area contributed by atoms with E-state index in [1.54, 1.807) is 0 Å². The predicted octanol–water partition coefficient (Wildman–Crippen LogP) is -0.449. The second kappa shape index (κ2) is 4.28. The summed E-state index contributed by atoms with van der Waals surface area (Å²) in [6, 6.07) is 3.99. The van der Waals surface area contributed by atoms with Crippen LogP contribution in [0.15, 0.2) is 18.2 Å². The molecule has 1 aromatic rings. The molecule has 2 rings (SSSR count). The minimum absolute atomic E-state index is 0.174. The highest BCUT2D eigenvalue weighted by atomic mass is 19.1. The molecular weight excluding hydrogens is 202 g/mol. The highest BCUT2D eigenvalue weighted by Crippen LogP contribution is 2.22. The Morgan fingerprint density at radius 2 is 1.93 bits per heavy atom. The van der Waals surface area contributed by atoms with E-state index in [4.69, 9.17) is 19.5 Å². The number of halogens is 1. The summed E-state index contributed by atoms with van der Waals surface area (Å²) in [5, 5.41) is 17.8. The summed E-state index contributed by atoms with van der Waals surface area (Å²) < 4.78 is 23.5. The molecule has 1 fully saturated rings. The zero-order chi connectivity index (χ0) is 10.8. The molecule has 2 N–H and O–H groups in total. The Balaban J connectivity index is 2.29. The van der Waals surface area contributed by atoms with Crippen molar-refractivity contribution in [2.45, 2.75) is 6.29 Å². The van der Waals surface area contributed by atoms with E-state index in [1.165, 1.54) is 12.1 Å². The molecule has 1 aliphatic rings. The highest BCUT2D eigenvalue weighted by Gasteiger charge is 2.22. The van der Waals surface area contributed by atoms with Crippen LogP contribution in [-0.2, 0) is 9.47 Å². The maximum Gasteiger partial charge on any atom is 0.491 e. The zero-order valence-electron chi connectivity index (χ0n) is 7.89. The summed E-state index contributed by atoms with van der Waals surface area (Å²) in [4.78, 5) is 0. The van der Waals surface area contributed by atoms with Crippen LogP contribution in [-0.4, -0.2) is 30.4 Å². The Bertz CT molecular complexity index is 352. The number of hydrogen-bond donors (Lipinski definition) is 2. The third-order valence-corrected chi connectivity index (χ3v) is 2.19. The van der Waals surface area contributed by atoms with Crippen LogP contribution in [0.5, 0.6) is 0 Å². The van der Waals surface area contributed by atoms with Crippen molar-refractivity contribution in [3.05, 3.63) is 29.6 Å². The maximum atomic E-state index is 13.1. The first-order valence-corrected chi connectivity index (χ1v) is 4.57. The standard InChI is InChI=1S/C9H10BFO4/c11-8-2-1-6(5-7(8)10(12)13)9-14-3-4-15-9/h1-2,5,9,12-13H,3-4H2. The van der Waals surface area contributed by atoms with Crippen molar-refractivity contribution in [1.29, 1.82) is 0 Å². The van der Waals surface area contributed by atoms with Gasteiger partial charge in [-0.1, -0.05) is 12.1 Å². The lowest BCUT2D eigenvalue weighted by Gasteiger charge is -2.11. The first kappa shape index (κ1) is 10.6. The van der Waals surface area contributed by atoms with Gasteiger partial charge in [0.2, 0.25) is 0 Å². The van der Waals surface area contributed by atoms with Crippen LogP contribution >= 0.6 is 0 Å². The fourth-order valence-electron chi connectivity index (χ4n) is 1.46. The third-order valence-electron chi connectivity index (χ3n) is 2.19. The molecule has 1 heterocycles. The van der Waals surface area contributed by atoms with Gasteiger partial charge in [-0.3, -0.25) is 0 Å². The van der Waals surface area contributed by atoms with Crippen molar-refractivity contribution in [3.8, 4) is 0 Å². The van der Waals surface area contributed by atoms with Crippen molar-refractivity contribution in [1.82, 2.24) is 0 Å². The molecule has 4 nitrogen and oxygen atoms in total. The Kier molecular flexibility index (Phi) is 3.02. The number of ether oxygens (including phenoxy) is 2. The maximum absolute atomic E-state index is 13.1. The van der Waals surface area contributed by atoms with Crippen LogP contribution in [0, 0.1) is 5.82 Å². The second-order valence-corrected chi connectivity index (χ2v) is 3.23. The molecule has 1 saturated heterocycles. The number of hydrogen-bond acceptors (Lipinski definition) is 4. The normalized spacial score (nSPS) is 17.0. The third kappa shape index (κ3) is 2.18. The fourth-order valence-corrected chi connectivity index (χ4v) is 1.46. The number of rotatable bonds is 2. The minimum Gasteiger partial charge on any atom is -0.423 e. The molecule has 0 radical (unpaired) electrons. The van der Waals surface area contributed by atoms with Gasteiger partial charge in [-0.05, 0) is 6.07 Å². The lowest BCUT2D eigenvalue weighted by Crippen LogP contribution is -2.33. The fraction of sp³-hybridized carbons (Fsp3) is 0.333.